The number of fused-ring (bicyclic) bond motifs is 1. The summed E-state index contributed by atoms with van der Waals surface area (Å²) in [6, 6.07) is 3.32. The molecule has 1 fully saturated rings. The topological polar surface area (TPSA) is 85.2 Å². The van der Waals surface area contributed by atoms with E-state index < -0.39 is 12.5 Å². The number of rotatable bonds is 6. The molecule has 4 heterocycles. The number of alkyl halides is 2. The highest BCUT2D eigenvalue weighted by Crippen LogP contribution is 2.29. The molecule has 1 aliphatic heterocycles. The van der Waals surface area contributed by atoms with E-state index in [0.717, 1.165) is 11.3 Å². The third-order valence-corrected chi connectivity index (χ3v) is 5.72. The Morgan fingerprint density at radius 3 is 2.90 bits per heavy atom. The van der Waals surface area contributed by atoms with E-state index in [-0.39, 0.29) is 23.2 Å². The number of nitrogens with one attached hydrogen (secondary N) is 1. The lowest BCUT2D eigenvalue weighted by Gasteiger charge is -2.19. The fourth-order valence-corrected chi connectivity index (χ4v) is 4.33. The van der Waals surface area contributed by atoms with Crippen LogP contribution < -0.4 is 10.1 Å². The molecule has 0 saturated carbocycles. The molecule has 1 aliphatic rings. The van der Waals surface area contributed by atoms with Gasteiger partial charge in [-0.1, -0.05) is 11.3 Å². The standard InChI is InChI=1S/C18H19F3N6O2S/c1-9-5-11(6-26(9)8-14-16(19)24-18(30-14)22-10(2)28)29-15-4-3-12-13(23-15)7-27(25-12)17(20)21/h3-4,7,9,11,17H,5-6,8H2,1-2H3,(H,22,24,28). The van der Waals surface area contributed by atoms with Crippen LogP contribution >= 0.6 is 11.3 Å². The smallest absolute Gasteiger partial charge is 0.333 e. The molecule has 1 amide bonds. The van der Waals surface area contributed by atoms with Gasteiger partial charge in [0.15, 0.2) is 5.13 Å². The Balaban J connectivity index is 1.41. The van der Waals surface area contributed by atoms with Crippen LogP contribution in [0, 0.1) is 5.95 Å². The largest absolute Gasteiger partial charge is 0.473 e. The Bertz CT molecular complexity index is 1070. The molecule has 2 atom stereocenters. The second-order valence-electron chi connectivity index (χ2n) is 7.11. The molecule has 3 aromatic heterocycles. The minimum Gasteiger partial charge on any atom is -0.473 e. The van der Waals surface area contributed by atoms with Crippen LogP contribution in [0.4, 0.5) is 18.3 Å². The predicted octanol–water partition coefficient (Wildman–Crippen LogP) is 3.42. The van der Waals surface area contributed by atoms with Crippen LogP contribution in [0.5, 0.6) is 5.88 Å². The Morgan fingerprint density at radius 2 is 2.17 bits per heavy atom. The van der Waals surface area contributed by atoms with E-state index in [2.05, 4.69) is 25.3 Å². The summed E-state index contributed by atoms with van der Waals surface area (Å²) in [4.78, 5) is 21.6. The highest BCUT2D eigenvalue weighted by molar-refractivity contribution is 7.15. The molecule has 12 heteroatoms. The quantitative estimate of drug-likeness (QED) is 0.632. The van der Waals surface area contributed by atoms with Gasteiger partial charge in [-0.15, -0.1) is 0 Å². The van der Waals surface area contributed by atoms with Crippen LogP contribution in [0.15, 0.2) is 18.3 Å². The lowest BCUT2D eigenvalue weighted by Crippen LogP contribution is -2.28. The number of amides is 1. The van der Waals surface area contributed by atoms with Gasteiger partial charge in [-0.25, -0.2) is 9.67 Å². The van der Waals surface area contributed by atoms with Gasteiger partial charge in [-0.05, 0) is 13.0 Å². The third-order valence-electron chi connectivity index (χ3n) is 4.79. The van der Waals surface area contributed by atoms with Gasteiger partial charge in [0, 0.05) is 38.5 Å². The van der Waals surface area contributed by atoms with Gasteiger partial charge in [0.2, 0.25) is 17.7 Å². The van der Waals surface area contributed by atoms with Crippen molar-refractivity contribution in [1.82, 2.24) is 24.6 Å². The fourth-order valence-electron chi connectivity index (χ4n) is 3.41. The van der Waals surface area contributed by atoms with Gasteiger partial charge < -0.3 is 10.1 Å². The van der Waals surface area contributed by atoms with Crippen molar-refractivity contribution in [3.8, 4) is 5.88 Å². The molecule has 8 nitrogen and oxygen atoms in total. The maximum absolute atomic E-state index is 14.1. The lowest BCUT2D eigenvalue weighted by atomic mass is 10.2. The summed E-state index contributed by atoms with van der Waals surface area (Å²) in [7, 11) is 0. The number of halogens is 3. The van der Waals surface area contributed by atoms with E-state index in [0.29, 0.717) is 46.0 Å². The van der Waals surface area contributed by atoms with Gasteiger partial charge >= 0.3 is 6.55 Å². The summed E-state index contributed by atoms with van der Waals surface area (Å²) < 4.78 is 46.2. The van der Waals surface area contributed by atoms with Crippen molar-refractivity contribution in [2.24, 2.45) is 0 Å². The number of ether oxygens (including phenoxy) is 1. The Labute approximate surface area is 173 Å². The molecular formula is C18H19F3N6O2S. The molecule has 160 valence electrons. The summed E-state index contributed by atoms with van der Waals surface area (Å²) in [6.45, 7) is 1.51. The second-order valence-corrected chi connectivity index (χ2v) is 8.19. The monoisotopic (exact) mass is 440 g/mol. The molecular weight excluding hydrogens is 421 g/mol. The molecule has 30 heavy (non-hydrogen) atoms. The first-order valence-corrected chi connectivity index (χ1v) is 10.1. The van der Waals surface area contributed by atoms with Crippen molar-refractivity contribution >= 4 is 33.4 Å². The summed E-state index contributed by atoms with van der Waals surface area (Å²) in [5.74, 6) is -0.572. The number of anilines is 1. The maximum Gasteiger partial charge on any atom is 0.333 e. The summed E-state index contributed by atoms with van der Waals surface area (Å²) in [5, 5.41) is 6.48. The van der Waals surface area contributed by atoms with Crippen LogP contribution in [-0.4, -0.2) is 49.2 Å². The summed E-state index contributed by atoms with van der Waals surface area (Å²) >= 11 is 1.10. The van der Waals surface area contributed by atoms with Crippen molar-refractivity contribution in [2.75, 3.05) is 11.9 Å². The van der Waals surface area contributed by atoms with Crippen molar-refractivity contribution in [3.05, 3.63) is 29.2 Å². The Kier molecular flexibility index (Phi) is 5.60. The number of hydrogen-bond acceptors (Lipinski definition) is 7. The molecule has 1 N–H and O–H groups in total. The van der Waals surface area contributed by atoms with Gasteiger partial charge in [0.05, 0.1) is 11.1 Å². The Hall–Kier alpha value is -2.73. The lowest BCUT2D eigenvalue weighted by molar-refractivity contribution is -0.114. The van der Waals surface area contributed by atoms with E-state index in [9.17, 15) is 18.0 Å². The van der Waals surface area contributed by atoms with E-state index >= 15 is 0 Å². The zero-order valence-electron chi connectivity index (χ0n) is 16.2. The first kappa shape index (κ1) is 20.5. The normalized spacial score (nSPS) is 19.7. The molecule has 0 bridgehead atoms. The van der Waals surface area contributed by atoms with Crippen molar-refractivity contribution in [1.29, 1.82) is 0 Å². The number of likely N-dealkylation sites (tertiary alicyclic amines) is 1. The molecule has 0 radical (unpaired) electrons. The second kappa shape index (κ2) is 8.19. The minimum absolute atomic E-state index is 0.131. The Morgan fingerprint density at radius 1 is 1.37 bits per heavy atom. The first-order valence-electron chi connectivity index (χ1n) is 9.26. The average Bonchev–Trinajstić information content (AvgIpc) is 3.32. The van der Waals surface area contributed by atoms with Crippen molar-refractivity contribution < 1.29 is 22.7 Å². The number of thiazole rings is 1. The number of carbonyl (C=O) groups is 1. The number of pyridine rings is 1. The van der Waals surface area contributed by atoms with Gasteiger partial charge in [0.1, 0.15) is 17.1 Å². The highest BCUT2D eigenvalue weighted by Gasteiger charge is 2.32. The predicted molar refractivity (Wildman–Crippen MR) is 104 cm³/mol. The first-order chi connectivity index (χ1) is 14.3. The SMILES string of the molecule is CC(=O)Nc1nc(F)c(CN2CC(Oc3ccc4nn(C(F)F)cc4n3)CC2C)s1. The van der Waals surface area contributed by atoms with E-state index in [4.69, 9.17) is 4.74 Å². The van der Waals surface area contributed by atoms with Crippen LogP contribution in [0.2, 0.25) is 0 Å². The number of nitrogens with zero attached hydrogens (tertiary/aromatic N) is 5. The number of carbonyl (C=O) groups excluding carboxylic acids is 1. The summed E-state index contributed by atoms with van der Waals surface area (Å²) in [6.07, 6.45) is 1.70. The molecule has 4 rings (SSSR count). The number of hydrogen-bond donors (Lipinski definition) is 1. The van der Waals surface area contributed by atoms with Crippen molar-refractivity contribution in [3.63, 3.8) is 0 Å². The maximum atomic E-state index is 14.1. The highest BCUT2D eigenvalue weighted by atomic mass is 32.1. The fraction of sp³-hybridized carbons (Fsp3) is 0.444. The van der Waals surface area contributed by atoms with Crippen molar-refractivity contribution in [2.45, 2.75) is 45.5 Å². The van der Waals surface area contributed by atoms with E-state index in [1.54, 1.807) is 12.1 Å². The van der Waals surface area contributed by atoms with Gasteiger partial charge in [-0.2, -0.15) is 23.3 Å². The molecule has 1 saturated heterocycles. The zero-order chi connectivity index (χ0) is 21.4. The third kappa shape index (κ3) is 4.38. The zero-order valence-corrected chi connectivity index (χ0v) is 17.0. The number of aromatic nitrogens is 4. The summed E-state index contributed by atoms with van der Waals surface area (Å²) in [5.41, 5.74) is 0.688. The molecule has 2 unspecified atom stereocenters. The van der Waals surface area contributed by atoms with Gasteiger partial charge in [-0.3, -0.25) is 9.69 Å². The molecule has 0 spiro atoms. The van der Waals surface area contributed by atoms with Crippen LogP contribution in [0.3, 0.4) is 0 Å². The average molecular weight is 440 g/mol. The van der Waals surface area contributed by atoms with Crippen LogP contribution in [0.25, 0.3) is 11.0 Å². The van der Waals surface area contributed by atoms with Crippen LogP contribution in [-0.2, 0) is 11.3 Å². The van der Waals surface area contributed by atoms with E-state index in [1.165, 1.54) is 13.1 Å². The molecule has 3 aromatic rings. The molecule has 0 aliphatic carbocycles. The van der Waals surface area contributed by atoms with E-state index in [1.807, 2.05) is 6.92 Å². The van der Waals surface area contributed by atoms with Crippen LogP contribution in [0.1, 0.15) is 31.7 Å². The van der Waals surface area contributed by atoms with Gasteiger partial charge in [0.25, 0.3) is 0 Å². The molecule has 0 aromatic carbocycles. The minimum atomic E-state index is -2.73.